The molecule has 11 heteroatoms. The van der Waals surface area contributed by atoms with Gasteiger partial charge in [0.15, 0.2) is 11.5 Å². The lowest BCUT2D eigenvalue weighted by atomic mass is 10.2. The molecule has 0 unspecified atom stereocenters. The molecule has 0 aromatic heterocycles. The van der Waals surface area contributed by atoms with Crippen LogP contribution in [-0.2, 0) is 20.6 Å². The molecule has 3 rings (SSSR count). The smallest absolute Gasteiger partial charge is 0.264 e. The minimum Gasteiger partial charge on any atom is -0.493 e. The summed E-state index contributed by atoms with van der Waals surface area (Å²) in [5, 5.41) is 3.16. The van der Waals surface area contributed by atoms with Crippen LogP contribution in [-0.4, -0.2) is 47.4 Å². The maximum atomic E-state index is 13.7. The van der Waals surface area contributed by atoms with Gasteiger partial charge in [0.2, 0.25) is 5.91 Å². The van der Waals surface area contributed by atoms with E-state index in [1.165, 1.54) is 62.4 Å². The highest BCUT2D eigenvalue weighted by Gasteiger charge is 2.28. The number of nitrogens with zero attached hydrogens (tertiary/aromatic N) is 1. The van der Waals surface area contributed by atoms with Crippen LogP contribution in [0.15, 0.2) is 71.6 Å². The summed E-state index contributed by atoms with van der Waals surface area (Å²) in [5.74, 6) is 0.857. The quantitative estimate of drug-likeness (QED) is 0.327. The zero-order chi connectivity index (χ0) is 26.1. The lowest BCUT2D eigenvalue weighted by molar-refractivity contribution is -0.119. The number of carbonyl (C=O) groups excluding carboxylic acids is 1. The number of sulfonamides is 1. The summed E-state index contributed by atoms with van der Waals surface area (Å²) in [4.78, 5) is 12.7. The molecule has 0 saturated carbocycles. The summed E-state index contributed by atoms with van der Waals surface area (Å²) in [6.07, 6.45) is 0. The van der Waals surface area contributed by atoms with Crippen molar-refractivity contribution in [2.24, 2.45) is 0 Å². The fourth-order valence-electron chi connectivity index (χ4n) is 3.27. The second-order valence-electron chi connectivity index (χ2n) is 7.50. The highest BCUT2D eigenvalue weighted by Crippen LogP contribution is 2.32. The molecular formula is C25H26ClFN2O5S2. The van der Waals surface area contributed by atoms with E-state index in [0.717, 1.165) is 4.31 Å². The minimum atomic E-state index is -4.15. The number of nitrogens with one attached hydrogen (secondary N) is 1. The molecule has 0 aliphatic heterocycles. The molecule has 0 spiro atoms. The van der Waals surface area contributed by atoms with Crippen molar-refractivity contribution in [2.45, 2.75) is 10.6 Å². The number of hydrogen-bond donors (Lipinski definition) is 1. The highest BCUT2D eigenvalue weighted by atomic mass is 35.5. The van der Waals surface area contributed by atoms with Crippen LogP contribution in [0.2, 0.25) is 5.02 Å². The van der Waals surface area contributed by atoms with Gasteiger partial charge in [-0.15, -0.1) is 0 Å². The van der Waals surface area contributed by atoms with Crippen LogP contribution in [0.4, 0.5) is 10.1 Å². The summed E-state index contributed by atoms with van der Waals surface area (Å²) in [5.41, 5.74) is 0.863. The van der Waals surface area contributed by atoms with Crippen LogP contribution in [0, 0.1) is 5.82 Å². The number of benzene rings is 3. The molecule has 0 saturated heterocycles. The first-order valence-corrected chi connectivity index (χ1v) is 13.8. The molecule has 0 fully saturated rings. The maximum absolute atomic E-state index is 13.7. The Morgan fingerprint density at radius 2 is 1.72 bits per heavy atom. The molecule has 36 heavy (non-hydrogen) atoms. The molecule has 0 atom stereocenters. The van der Waals surface area contributed by atoms with Crippen LogP contribution in [0.5, 0.6) is 11.5 Å². The Hall–Kier alpha value is -2.95. The number of halogens is 2. The molecule has 7 nitrogen and oxygen atoms in total. The number of hydrogen-bond acceptors (Lipinski definition) is 6. The summed E-state index contributed by atoms with van der Waals surface area (Å²) in [7, 11) is -1.29. The molecule has 3 aromatic carbocycles. The minimum absolute atomic E-state index is 0.0663. The van der Waals surface area contributed by atoms with E-state index in [0.29, 0.717) is 34.4 Å². The normalized spacial score (nSPS) is 11.1. The van der Waals surface area contributed by atoms with Gasteiger partial charge in [0.05, 0.1) is 24.8 Å². The van der Waals surface area contributed by atoms with Crippen LogP contribution in [0.1, 0.15) is 5.56 Å². The Kier molecular flexibility index (Phi) is 9.86. The van der Waals surface area contributed by atoms with Gasteiger partial charge in [0, 0.05) is 29.1 Å². The van der Waals surface area contributed by atoms with Crippen LogP contribution < -0.4 is 19.1 Å². The summed E-state index contributed by atoms with van der Waals surface area (Å²) >= 11 is 7.44. The Balaban J connectivity index is 1.71. The fraction of sp³-hybridized carbons (Fsp3) is 0.240. The van der Waals surface area contributed by atoms with E-state index >= 15 is 0 Å². The molecule has 0 radical (unpaired) electrons. The average molecular weight is 553 g/mol. The summed E-state index contributed by atoms with van der Waals surface area (Å²) < 4.78 is 52.3. The number of rotatable bonds is 12. The first-order chi connectivity index (χ1) is 17.3. The van der Waals surface area contributed by atoms with Crippen LogP contribution in [0.3, 0.4) is 0 Å². The third-order valence-electron chi connectivity index (χ3n) is 5.13. The first-order valence-electron chi connectivity index (χ1n) is 10.8. The van der Waals surface area contributed by atoms with Gasteiger partial charge in [-0.25, -0.2) is 12.8 Å². The molecule has 0 bridgehead atoms. The molecule has 1 amide bonds. The topological polar surface area (TPSA) is 84.9 Å². The van der Waals surface area contributed by atoms with Gasteiger partial charge in [-0.3, -0.25) is 9.10 Å². The van der Waals surface area contributed by atoms with E-state index < -0.39 is 22.5 Å². The zero-order valence-electron chi connectivity index (χ0n) is 19.7. The highest BCUT2D eigenvalue weighted by molar-refractivity contribution is 7.98. The molecule has 0 heterocycles. The predicted octanol–water partition coefficient (Wildman–Crippen LogP) is 4.74. The molecule has 0 aliphatic rings. The standard InChI is InChI=1S/C25H26ClFN2O5S2/c1-33-23-12-11-21(15-24(23)34-2)36(31,32)29(20-9-7-19(26)8-10-20)16-25(30)28-13-14-35-17-18-5-3-4-6-22(18)27/h3-12,15H,13-14,16-17H2,1-2H3,(H,28,30). The lowest BCUT2D eigenvalue weighted by Gasteiger charge is -2.24. The van der Waals surface area contributed by atoms with E-state index in [4.69, 9.17) is 21.1 Å². The largest absolute Gasteiger partial charge is 0.493 e. The van der Waals surface area contributed by atoms with E-state index in [1.807, 2.05) is 0 Å². The van der Waals surface area contributed by atoms with Gasteiger partial charge in [0.1, 0.15) is 12.4 Å². The van der Waals surface area contributed by atoms with Crippen molar-refractivity contribution in [3.05, 3.63) is 83.1 Å². The number of thioether (sulfide) groups is 1. The van der Waals surface area contributed by atoms with Crippen molar-refractivity contribution in [3.8, 4) is 11.5 Å². The Bertz CT molecular complexity index is 1290. The Labute approximate surface area is 219 Å². The summed E-state index contributed by atoms with van der Waals surface area (Å²) in [6.45, 7) is -0.154. The monoisotopic (exact) mass is 552 g/mol. The maximum Gasteiger partial charge on any atom is 0.264 e. The van der Waals surface area contributed by atoms with Gasteiger partial charge in [0.25, 0.3) is 10.0 Å². The SMILES string of the molecule is COc1ccc(S(=O)(=O)N(CC(=O)NCCSCc2ccccc2F)c2ccc(Cl)cc2)cc1OC. The predicted molar refractivity (Wildman–Crippen MR) is 141 cm³/mol. The number of anilines is 1. The molecule has 0 aliphatic carbocycles. The number of methoxy groups -OCH3 is 2. The van der Waals surface area contributed by atoms with Crippen molar-refractivity contribution in [3.63, 3.8) is 0 Å². The molecule has 3 aromatic rings. The summed E-state index contributed by atoms with van der Waals surface area (Å²) in [6, 6.07) is 16.9. The first kappa shape index (κ1) is 27.6. The Morgan fingerprint density at radius 3 is 2.39 bits per heavy atom. The van der Waals surface area contributed by atoms with Gasteiger partial charge in [-0.05, 0) is 48.0 Å². The van der Waals surface area contributed by atoms with Crippen LogP contribution in [0.25, 0.3) is 0 Å². The fourth-order valence-corrected chi connectivity index (χ4v) is 5.68. The molecule has 1 N–H and O–H groups in total. The molecule has 192 valence electrons. The second-order valence-corrected chi connectivity index (χ2v) is 10.9. The number of ether oxygens (including phenoxy) is 2. The van der Waals surface area contributed by atoms with Crippen LogP contribution >= 0.6 is 23.4 Å². The van der Waals surface area contributed by atoms with E-state index in [2.05, 4.69) is 5.32 Å². The van der Waals surface area contributed by atoms with Crippen molar-refractivity contribution in [1.82, 2.24) is 5.32 Å². The average Bonchev–Trinajstić information content (AvgIpc) is 2.88. The Morgan fingerprint density at radius 1 is 1.03 bits per heavy atom. The van der Waals surface area contributed by atoms with Crippen molar-refractivity contribution < 1.29 is 27.1 Å². The third-order valence-corrected chi connectivity index (χ3v) is 8.16. The van der Waals surface area contributed by atoms with Gasteiger partial charge >= 0.3 is 0 Å². The third kappa shape index (κ3) is 7.05. The van der Waals surface area contributed by atoms with E-state index in [-0.39, 0.29) is 22.1 Å². The van der Waals surface area contributed by atoms with E-state index in [9.17, 15) is 17.6 Å². The van der Waals surface area contributed by atoms with Crippen molar-refractivity contribution in [1.29, 1.82) is 0 Å². The van der Waals surface area contributed by atoms with Crippen molar-refractivity contribution in [2.75, 3.05) is 37.4 Å². The molecular weight excluding hydrogens is 527 g/mol. The number of carbonyl (C=O) groups is 1. The van der Waals surface area contributed by atoms with Gasteiger partial charge < -0.3 is 14.8 Å². The lowest BCUT2D eigenvalue weighted by Crippen LogP contribution is -2.41. The van der Waals surface area contributed by atoms with Gasteiger partial charge in [-0.1, -0.05) is 29.8 Å². The van der Waals surface area contributed by atoms with Crippen molar-refractivity contribution >= 4 is 45.0 Å². The second kappa shape index (κ2) is 12.8. The van der Waals surface area contributed by atoms with E-state index in [1.54, 1.807) is 30.3 Å². The van der Waals surface area contributed by atoms with Gasteiger partial charge in [-0.2, -0.15) is 11.8 Å². The zero-order valence-corrected chi connectivity index (χ0v) is 22.1. The number of amides is 1.